The van der Waals surface area contributed by atoms with E-state index in [9.17, 15) is 4.79 Å². The predicted octanol–water partition coefficient (Wildman–Crippen LogP) is 2.48. The van der Waals surface area contributed by atoms with Gasteiger partial charge in [0.15, 0.2) is 0 Å². The van der Waals surface area contributed by atoms with E-state index in [1.807, 2.05) is 36.4 Å². The van der Waals surface area contributed by atoms with Gasteiger partial charge in [0.1, 0.15) is 6.04 Å². The van der Waals surface area contributed by atoms with Crippen LogP contribution in [-0.4, -0.2) is 24.0 Å². The molecule has 5 heteroatoms. The molecule has 1 amide bonds. The standard InChI is InChI=1S/C15H17ClN2O.ClH/c16-12-5-3-11(4-6-12)10-15(7-8-15)18-14(19)13-2-1-9-17-13;/h1-6,13,17H,7-10H2,(H,18,19);1H. The van der Waals surface area contributed by atoms with Gasteiger partial charge in [0.05, 0.1) is 0 Å². The molecule has 0 bridgehead atoms. The van der Waals surface area contributed by atoms with Crippen LogP contribution in [-0.2, 0) is 11.2 Å². The minimum atomic E-state index is -0.164. The molecule has 3 rings (SSSR count). The highest BCUT2D eigenvalue weighted by Crippen LogP contribution is 2.38. The summed E-state index contributed by atoms with van der Waals surface area (Å²) in [6, 6.07) is 7.69. The van der Waals surface area contributed by atoms with Gasteiger partial charge in [0.2, 0.25) is 5.91 Å². The van der Waals surface area contributed by atoms with E-state index in [2.05, 4.69) is 10.6 Å². The maximum atomic E-state index is 12.1. The number of hydrogen-bond donors (Lipinski definition) is 2. The number of halogens is 2. The molecular weight excluding hydrogens is 295 g/mol. The first-order valence-electron chi connectivity index (χ1n) is 6.63. The van der Waals surface area contributed by atoms with Gasteiger partial charge in [0.25, 0.3) is 0 Å². The van der Waals surface area contributed by atoms with Crippen molar-refractivity contribution < 1.29 is 4.79 Å². The minimum absolute atomic E-state index is 0. The second-order valence-corrected chi connectivity index (χ2v) is 5.82. The summed E-state index contributed by atoms with van der Waals surface area (Å²) >= 11 is 5.88. The summed E-state index contributed by atoms with van der Waals surface area (Å²) in [5.74, 6) is 0.0835. The molecule has 2 aliphatic rings. The van der Waals surface area contributed by atoms with Gasteiger partial charge < -0.3 is 5.32 Å². The van der Waals surface area contributed by atoms with Crippen LogP contribution in [0, 0.1) is 0 Å². The molecule has 1 atom stereocenters. The van der Waals surface area contributed by atoms with Crippen molar-refractivity contribution in [2.24, 2.45) is 0 Å². The van der Waals surface area contributed by atoms with Crippen LogP contribution >= 0.6 is 24.0 Å². The topological polar surface area (TPSA) is 41.1 Å². The van der Waals surface area contributed by atoms with E-state index in [0.29, 0.717) is 0 Å². The second-order valence-electron chi connectivity index (χ2n) is 5.39. The van der Waals surface area contributed by atoms with Crippen LogP contribution in [0.1, 0.15) is 18.4 Å². The van der Waals surface area contributed by atoms with Crippen LogP contribution < -0.4 is 10.6 Å². The third-order valence-electron chi connectivity index (χ3n) is 3.76. The van der Waals surface area contributed by atoms with Crippen molar-refractivity contribution in [1.82, 2.24) is 10.6 Å². The minimum Gasteiger partial charge on any atom is -0.349 e. The third-order valence-corrected chi connectivity index (χ3v) is 4.02. The molecule has 0 aromatic heterocycles. The Morgan fingerprint density at radius 3 is 2.60 bits per heavy atom. The van der Waals surface area contributed by atoms with E-state index in [1.165, 1.54) is 5.56 Å². The average molecular weight is 313 g/mol. The normalized spacial score (nSPS) is 22.1. The van der Waals surface area contributed by atoms with Gasteiger partial charge in [-0.2, -0.15) is 0 Å². The first-order chi connectivity index (χ1) is 9.17. The highest BCUT2D eigenvalue weighted by molar-refractivity contribution is 6.30. The lowest BCUT2D eigenvalue weighted by Gasteiger charge is -2.20. The average Bonchev–Trinajstić information content (AvgIpc) is 2.94. The summed E-state index contributed by atoms with van der Waals surface area (Å²) in [6.45, 7) is 0.780. The number of benzene rings is 1. The van der Waals surface area contributed by atoms with E-state index in [4.69, 9.17) is 11.6 Å². The number of carbonyl (C=O) groups is 1. The zero-order valence-corrected chi connectivity index (χ0v) is 12.6. The van der Waals surface area contributed by atoms with Crippen LogP contribution in [0.3, 0.4) is 0 Å². The highest BCUT2D eigenvalue weighted by Gasteiger charge is 2.44. The molecule has 1 unspecified atom stereocenters. The fourth-order valence-corrected chi connectivity index (χ4v) is 2.60. The summed E-state index contributed by atoms with van der Waals surface area (Å²) in [5.41, 5.74) is 1.18. The Hall–Kier alpha value is -1.03. The molecule has 1 aromatic carbocycles. The number of rotatable bonds is 4. The van der Waals surface area contributed by atoms with Crippen molar-refractivity contribution in [3.05, 3.63) is 47.0 Å². The highest BCUT2D eigenvalue weighted by atomic mass is 35.5. The summed E-state index contributed by atoms with van der Waals surface area (Å²) < 4.78 is 0. The van der Waals surface area contributed by atoms with Crippen LogP contribution in [0.4, 0.5) is 0 Å². The third kappa shape index (κ3) is 3.54. The Balaban J connectivity index is 0.00000147. The molecule has 0 saturated heterocycles. The van der Waals surface area contributed by atoms with Crippen molar-refractivity contribution >= 4 is 29.9 Å². The largest absolute Gasteiger partial charge is 0.349 e. The van der Waals surface area contributed by atoms with Gasteiger partial charge in [-0.15, -0.1) is 12.4 Å². The molecule has 1 saturated carbocycles. The summed E-state index contributed by atoms with van der Waals surface area (Å²) in [7, 11) is 0. The van der Waals surface area contributed by atoms with Gasteiger partial charge in [-0.3, -0.25) is 10.1 Å². The molecule has 108 valence electrons. The lowest BCUT2D eigenvalue weighted by Crippen LogP contribution is -2.47. The Morgan fingerprint density at radius 2 is 2.05 bits per heavy atom. The van der Waals surface area contributed by atoms with Gasteiger partial charge >= 0.3 is 0 Å². The number of amides is 1. The molecule has 1 aromatic rings. The van der Waals surface area contributed by atoms with Gasteiger partial charge in [-0.05, 0) is 37.0 Å². The summed E-state index contributed by atoms with van der Waals surface area (Å²) in [4.78, 5) is 12.1. The van der Waals surface area contributed by atoms with Crippen molar-refractivity contribution in [3.8, 4) is 0 Å². The van der Waals surface area contributed by atoms with Crippen molar-refractivity contribution in [3.63, 3.8) is 0 Å². The summed E-state index contributed by atoms with van der Waals surface area (Å²) in [6.07, 6.45) is 6.90. The van der Waals surface area contributed by atoms with Gasteiger partial charge in [-0.25, -0.2) is 0 Å². The van der Waals surface area contributed by atoms with E-state index in [-0.39, 0.29) is 29.9 Å². The van der Waals surface area contributed by atoms with Crippen LogP contribution in [0.5, 0.6) is 0 Å². The molecule has 0 spiro atoms. The SMILES string of the molecule is Cl.O=C(NC1(Cc2ccc(Cl)cc2)CC1)C1C=CCN1. The molecular formula is C15H18Cl2N2O. The van der Waals surface area contributed by atoms with E-state index in [0.717, 1.165) is 30.8 Å². The zero-order chi connectivity index (χ0) is 13.3. The van der Waals surface area contributed by atoms with E-state index in [1.54, 1.807) is 0 Å². The molecule has 1 fully saturated rings. The monoisotopic (exact) mass is 312 g/mol. The maximum Gasteiger partial charge on any atom is 0.241 e. The number of hydrogen-bond acceptors (Lipinski definition) is 2. The molecule has 3 nitrogen and oxygen atoms in total. The van der Waals surface area contributed by atoms with Crippen LogP contribution in [0.25, 0.3) is 0 Å². The maximum absolute atomic E-state index is 12.1. The first-order valence-corrected chi connectivity index (χ1v) is 7.01. The molecule has 1 aliphatic carbocycles. The first kappa shape index (κ1) is 15.4. The quantitative estimate of drug-likeness (QED) is 0.839. The Kier molecular flexibility index (Phi) is 4.74. The Morgan fingerprint density at radius 1 is 1.35 bits per heavy atom. The molecule has 20 heavy (non-hydrogen) atoms. The molecule has 1 aliphatic heterocycles. The van der Waals surface area contributed by atoms with Crippen molar-refractivity contribution in [2.45, 2.75) is 30.8 Å². The van der Waals surface area contributed by atoms with Crippen molar-refractivity contribution in [2.75, 3.05) is 6.54 Å². The van der Waals surface area contributed by atoms with E-state index >= 15 is 0 Å². The predicted molar refractivity (Wildman–Crippen MR) is 83.4 cm³/mol. The smallest absolute Gasteiger partial charge is 0.241 e. The Labute approximate surface area is 130 Å². The molecule has 2 N–H and O–H groups in total. The lowest BCUT2D eigenvalue weighted by molar-refractivity contribution is -0.122. The fraction of sp³-hybridized carbons (Fsp3) is 0.400. The molecule has 0 radical (unpaired) electrons. The van der Waals surface area contributed by atoms with Gasteiger partial charge in [-0.1, -0.05) is 35.9 Å². The van der Waals surface area contributed by atoms with Crippen LogP contribution in [0.2, 0.25) is 5.02 Å². The number of carbonyl (C=O) groups excluding carboxylic acids is 1. The zero-order valence-electron chi connectivity index (χ0n) is 11.1. The fourth-order valence-electron chi connectivity index (χ4n) is 2.48. The second kappa shape index (κ2) is 6.17. The summed E-state index contributed by atoms with van der Waals surface area (Å²) in [5, 5.41) is 7.07. The Bertz CT molecular complexity index is 509. The van der Waals surface area contributed by atoms with Gasteiger partial charge in [0, 0.05) is 17.1 Å². The van der Waals surface area contributed by atoms with Crippen molar-refractivity contribution in [1.29, 1.82) is 0 Å². The van der Waals surface area contributed by atoms with Crippen LogP contribution in [0.15, 0.2) is 36.4 Å². The number of nitrogens with one attached hydrogen (secondary N) is 2. The van der Waals surface area contributed by atoms with E-state index < -0.39 is 0 Å². The molecule has 1 heterocycles. The lowest BCUT2D eigenvalue weighted by atomic mass is 10.0.